The van der Waals surface area contributed by atoms with Crippen LogP contribution in [-0.2, 0) is 25.6 Å². The zero-order valence-electron chi connectivity index (χ0n) is 13.4. The van der Waals surface area contributed by atoms with E-state index in [1.54, 1.807) is 21.0 Å². The van der Waals surface area contributed by atoms with Gasteiger partial charge in [0.2, 0.25) is 0 Å². The minimum atomic E-state index is -0.750. The molecule has 23 heavy (non-hydrogen) atoms. The van der Waals surface area contributed by atoms with Crippen LogP contribution in [0.4, 0.5) is 0 Å². The summed E-state index contributed by atoms with van der Waals surface area (Å²) in [6.07, 6.45) is -1.54. The largest absolute Gasteiger partial charge is 0.497 e. The number of nitrogens with zero attached hydrogens (tertiary/aromatic N) is 1. The predicted octanol–water partition coefficient (Wildman–Crippen LogP) is 1.92. The Morgan fingerprint density at radius 3 is 2.61 bits per heavy atom. The lowest BCUT2D eigenvalue weighted by Gasteiger charge is -2.20. The van der Waals surface area contributed by atoms with E-state index in [1.165, 1.54) is 0 Å². The highest BCUT2D eigenvalue weighted by Crippen LogP contribution is 2.35. The Balaban J connectivity index is 1.53. The van der Waals surface area contributed by atoms with Crippen molar-refractivity contribution in [3.05, 3.63) is 29.8 Å². The summed E-state index contributed by atoms with van der Waals surface area (Å²) in [6.45, 7) is 4.26. The van der Waals surface area contributed by atoms with Gasteiger partial charge in [0.05, 0.1) is 20.3 Å². The molecule has 2 aliphatic heterocycles. The van der Waals surface area contributed by atoms with Crippen molar-refractivity contribution in [1.82, 2.24) is 0 Å². The second-order valence-corrected chi connectivity index (χ2v) is 5.94. The van der Waals surface area contributed by atoms with Crippen LogP contribution in [0, 0.1) is 0 Å². The van der Waals surface area contributed by atoms with Crippen LogP contribution in [0.25, 0.3) is 0 Å². The molecule has 0 unspecified atom stereocenters. The van der Waals surface area contributed by atoms with Crippen molar-refractivity contribution < 1.29 is 28.9 Å². The average Bonchev–Trinajstić information content (AvgIpc) is 2.98. The molecule has 1 aromatic carbocycles. The van der Waals surface area contributed by atoms with E-state index < -0.39 is 24.3 Å². The second-order valence-electron chi connectivity index (χ2n) is 5.94. The second kappa shape index (κ2) is 6.45. The van der Waals surface area contributed by atoms with Crippen molar-refractivity contribution in [3.63, 3.8) is 0 Å². The molecule has 126 valence electrons. The average molecular weight is 323 g/mol. The van der Waals surface area contributed by atoms with E-state index in [0.29, 0.717) is 12.3 Å². The molecular weight excluding hydrogens is 302 g/mol. The summed E-state index contributed by atoms with van der Waals surface area (Å²) >= 11 is 0. The van der Waals surface area contributed by atoms with Crippen LogP contribution in [0.1, 0.15) is 19.4 Å². The Labute approximate surface area is 134 Å². The van der Waals surface area contributed by atoms with Gasteiger partial charge in [0.25, 0.3) is 0 Å². The lowest BCUT2D eigenvalue weighted by molar-refractivity contribution is -0.201. The minimum Gasteiger partial charge on any atom is -0.497 e. The Kier molecular flexibility index (Phi) is 4.54. The maximum Gasteiger partial charge on any atom is 0.193 e. The molecule has 7 heteroatoms. The van der Waals surface area contributed by atoms with E-state index in [9.17, 15) is 5.21 Å². The third-order valence-electron chi connectivity index (χ3n) is 3.79. The number of rotatable bonds is 5. The van der Waals surface area contributed by atoms with Crippen LogP contribution in [-0.4, -0.2) is 48.9 Å². The molecule has 2 aliphatic rings. The summed E-state index contributed by atoms with van der Waals surface area (Å²) in [5.41, 5.74) is 1.41. The summed E-state index contributed by atoms with van der Waals surface area (Å²) in [4.78, 5) is 0. The maximum atomic E-state index is 9.23. The lowest BCUT2D eigenvalue weighted by atomic mass is 10.1. The van der Waals surface area contributed by atoms with Crippen LogP contribution in [0.2, 0.25) is 0 Å². The van der Waals surface area contributed by atoms with E-state index in [-0.39, 0.29) is 6.61 Å². The van der Waals surface area contributed by atoms with Crippen molar-refractivity contribution in [2.24, 2.45) is 5.16 Å². The van der Waals surface area contributed by atoms with Crippen LogP contribution in [0.15, 0.2) is 29.4 Å². The minimum absolute atomic E-state index is 0.256. The molecule has 3 atom stereocenters. The molecule has 3 rings (SSSR count). The molecule has 0 aliphatic carbocycles. The number of ether oxygens (including phenoxy) is 5. The van der Waals surface area contributed by atoms with Crippen molar-refractivity contribution in [3.8, 4) is 5.75 Å². The highest BCUT2D eigenvalue weighted by atomic mass is 16.8. The van der Waals surface area contributed by atoms with Gasteiger partial charge in [-0.1, -0.05) is 17.3 Å². The monoisotopic (exact) mass is 323 g/mol. The van der Waals surface area contributed by atoms with Crippen LogP contribution in [0.3, 0.4) is 0 Å². The van der Waals surface area contributed by atoms with E-state index in [1.807, 2.05) is 24.3 Å². The summed E-state index contributed by atoms with van der Waals surface area (Å²) in [7, 11) is 1.63. The van der Waals surface area contributed by atoms with Gasteiger partial charge >= 0.3 is 0 Å². The van der Waals surface area contributed by atoms with E-state index >= 15 is 0 Å². The van der Waals surface area contributed by atoms with Crippen molar-refractivity contribution >= 4 is 5.71 Å². The maximum absolute atomic E-state index is 9.23. The first kappa shape index (κ1) is 16.2. The number of fused-ring (bicyclic) bond motifs is 1. The number of hydrogen-bond acceptors (Lipinski definition) is 7. The van der Waals surface area contributed by atoms with Gasteiger partial charge in [-0.3, -0.25) is 0 Å². The fourth-order valence-corrected chi connectivity index (χ4v) is 2.70. The van der Waals surface area contributed by atoms with Crippen LogP contribution in [0.5, 0.6) is 5.75 Å². The molecule has 0 amide bonds. The fourth-order valence-electron chi connectivity index (χ4n) is 2.70. The highest BCUT2D eigenvalue weighted by Gasteiger charge is 2.53. The van der Waals surface area contributed by atoms with Crippen molar-refractivity contribution in [1.29, 1.82) is 0 Å². The SMILES string of the molecule is COc1ccc(COC[C@H]2O[C@@H]3OC(C)(C)O[C@@H]3/C2=N/O)cc1. The Morgan fingerprint density at radius 1 is 1.22 bits per heavy atom. The van der Waals surface area contributed by atoms with E-state index in [2.05, 4.69) is 5.16 Å². The van der Waals surface area contributed by atoms with Gasteiger partial charge in [-0.25, -0.2) is 0 Å². The molecule has 0 spiro atoms. The number of methoxy groups -OCH3 is 1. The Morgan fingerprint density at radius 2 is 1.96 bits per heavy atom. The molecule has 0 bridgehead atoms. The molecule has 2 fully saturated rings. The normalized spacial score (nSPS) is 30.6. The van der Waals surface area contributed by atoms with Gasteiger partial charge in [-0.05, 0) is 31.5 Å². The highest BCUT2D eigenvalue weighted by molar-refractivity contribution is 5.94. The number of oxime groups is 1. The predicted molar refractivity (Wildman–Crippen MR) is 80.6 cm³/mol. The van der Waals surface area contributed by atoms with Crippen LogP contribution < -0.4 is 4.74 Å². The zero-order valence-corrected chi connectivity index (χ0v) is 13.4. The third kappa shape index (κ3) is 3.48. The first-order valence-corrected chi connectivity index (χ1v) is 7.46. The van der Waals surface area contributed by atoms with Gasteiger partial charge in [-0.2, -0.15) is 0 Å². The molecule has 0 radical (unpaired) electrons. The van der Waals surface area contributed by atoms with Crippen molar-refractivity contribution in [2.45, 2.75) is 44.7 Å². The Bertz CT molecular complexity index is 570. The first-order chi connectivity index (χ1) is 11.0. The standard InChI is InChI=1S/C16H21NO6/c1-16(2)22-14-13(17-18)12(21-15(14)23-16)9-20-8-10-4-6-11(19-3)7-5-10/h4-7,12,14-15,18H,8-9H2,1-3H3/b17-13+/t12-,14-,15-/m1/s1. The third-order valence-corrected chi connectivity index (χ3v) is 3.79. The van der Waals surface area contributed by atoms with E-state index in [0.717, 1.165) is 11.3 Å². The topological polar surface area (TPSA) is 78.7 Å². The summed E-state index contributed by atoms with van der Waals surface area (Å²) in [5.74, 6) is 0.0486. The van der Waals surface area contributed by atoms with Crippen LogP contribution >= 0.6 is 0 Å². The van der Waals surface area contributed by atoms with Crippen molar-refractivity contribution in [2.75, 3.05) is 13.7 Å². The quantitative estimate of drug-likeness (QED) is 0.659. The number of hydrogen-bond donors (Lipinski definition) is 1. The first-order valence-electron chi connectivity index (χ1n) is 7.46. The van der Waals surface area contributed by atoms with Gasteiger partial charge in [0.15, 0.2) is 18.2 Å². The molecular formula is C16H21NO6. The summed E-state index contributed by atoms with van der Waals surface area (Å²) in [5, 5.41) is 12.5. The van der Waals surface area contributed by atoms with Gasteiger partial charge < -0.3 is 28.9 Å². The van der Waals surface area contributed by atoms with E-state index in [4.69, 9.17) is 23.7 Å². The Hall–Kier alpha value is -1.67. The summed E-state index contributed by atoms with van der Waals surface area (Å²) in [6, 6.07) is 7.61. The van der Waals surface area contributed by atoms with Gasteiger partial charge in [-0.15, -0.1) is 0 Å². The zero-order chi connectivity index (χ0) is 16.4. The molecule has 1 aromatic rings. The molecule has 2 heterocycles. The molecule has 2 saturated heterocycles. The molecule has 0 saturated carbocycles. The molecule has 7 nitrogen and oxygen atoms in total. The fraction of sp³-hybridized carbons (Fsp3) is 0.562. The molecule has 1 N–H and O–H groups in total. The van der Waals surface area contributed by atoms with Gasteiger partial charge in [0.1, 0.15) is 17.6 Å². The smallest absolute Gasteiger partial charge is 0.193 e. The van der Waals surface area contributed by atoms with Gasteiger partial charge in [0, 0.05) is 0 Å². The summed E-state index contributed by atoms with van der Waals surface area (Å²) < 4.78 is 27.8. The molecule has 0 aromatic heterocycles. The number of benzene rings is 1. The lowest BCUT2D eigenvalue weighted by Crippen LogP contribution is -2.32.